The summed E-state index contributed by atoms with van der Waals surface area (Å²) in [6.07, 6.45) is 0.622. The molecule has 0 radical (unpaired) electrons. The van der Waals surface area contributed by atoms with E-state index in [0.29, 0.717) is 25.1 Å². The van der Waals surface area contributed by atoms with Gasteiger partial charge in [0.25, 0.3) is 0 Å². The number of hydrogen-bond donors (Lipinski definition) is 1. The van der Waals surface area contributed by atoms with Crippen LogP contribution in [0.4, 0.5) is 0 Å². The third-order valence-corrected chi connectivity index (χ3v) is 2.04. The van der Waals surface area contributed by atoms with Crippen LogP contribution in [0.1, 0.15) is 34.6 Å². The molecule has 5 nitrogen and oxygen atoms in total. The lowest BCUT2D eigenvalue weighted by molar-refractivity contribution is 0.0687. The Hall–Kier alpha value is -2.04. The molecule has 0 aromatic heterocycles. The molecule has 0 aliphatic rings. The molecule has 0 aliphatic heterocycles. The lowest BCUT2D eigenvalue weighted by atomic mass is 10.1. The summed E-state index contributed by atoms with van der Waals surface area (Å²) in [5.41, 5.74) is 0.265. The lowest BCUT2D eigenvalue weighted by Gasteiger charge is -2.13. The van der Waals surface area contributed by atoms with Crippen molar-refractivity contribution in [1.82, 2.24) is 0 Å². The van der Waals surface area contributed by atoms with Crippen molar-refractivity contribution >= 4 is 12.3 Å². The number of carbonyl (C=O) groups is 2. The molecule has 0 saturated heterocycles. The van der Waals surface area contributed by atoms with E-state index in [2.05, 4.69) is 0 Å². The van der Waals surface area contributed by atoms with Crippen LogP contribution in [-0.4, -0.2) is 30.6 Å². The first-order valence-corrected chi connectivity index (χ1v) is 5.26. The number of carboxylic acids is 1. The fraction of sp³-hybridized carbons (Fsp3) is 0.333. The van der Waals surface area contributed by atoms with Gasteiger partial charge in [-0.15, -0.1) is 0 Å². The van der Waals surface area contributed by atoms with E-state index >= 15 is 0 Å². The second kappa shape index (κ2) is 5.89. The van der Waals surface area contributed by atoms with Crippen LogP contribution in [0.25, 0.3) is 0 Å². The summed E-state index contributed by atoms with van der Waals surface area (Å²) < 4.78 is 10.4. The van der Waals surface area contributed by atoms with Gasteiger partial charge in [-0.25, -0.2) is 4.79 Å². The SMILES string of the molecule is CCOc1cc(C=O)cc(OCC)c1C(=O)O. The van der Waals surface area contributed by atoms with Crippen molar-refractivity contribution in [1.29, 1.82) is 0 Å². The van der Waals surface area contributed by atoms with Crippen LogP contribution in [-0.2, 0) is 0 Å². The molecule has 92 valence electrons. The molecule has 0 atom stereocenters. The van der Waals surface area contributed by atoms with Gasteiger partial charge in [0.05, 0.1) is 13.2 Å². The van der Waals surface area contributed by atoms with Gasteiger partial charge >= 0.3 is 5.97 Å². The van der Waals surface area contributed by atoms with Gasteiger partial charge in [0.1, 0.15) is 23.3 Å². The molecule has 1 rings (SSSR count). The number of aromatic carboxylic acids is 1. The van der Waals surface area contributed by atoms with Crippen LogP contribution in [0.15, 0.2) is 12.1 Å². The summed E-state index contributed by atoms with van der Waals surface area (Å²) in [4.78, 5) is 21.9. The molecule has 0 unspecified atom stereocenters. The Morgan fingerprint density at radius 2 is 1.71 bits per heavy atom. The zero-order chi connectivity index (χ0) is 12.8. The standard InChI is InChI=1S/C12H14O5/c1-3-16-9-5-8(7-13)6-10(17-4-2)11(9)12(14)15/h5-7H,3-4H2,1-2H3,(H,14,15). The molecule has 5 heteroatoms. The number of carbonyl (C=O) groups excluding carboxylic acids is 1. The van der Waals surface area contributed by atoms with Crippen molar-refractivity contribution in [3.05, 3.63) is 23.3 Å². The van der Waals surface area contributed by atoms with Gasteiger partial charge in [-0.05, 0) is 26.0 Å². The smallest absolute Gasteiger partial charge is 0.343 e. The normalized spacial score (nSPS) is 9.76. The molecule has 0 aliphatic carbocycles. The molecule has 1 N–H and O–H groups in total. The lowest BCUT2D eigenvalue weighted by Crippen LogP contribution is -2.07. The minimum Gasteiger partial charge on any atom is -0.493 e. The highest BCUT2D eigenvalue weighted by Crippen LogP contribution is 2.30. The highest BCUT2D eigenvalue weighted by atomic mass is 16.5. The third kappa shape index (κ3) is 2.96. The summed E-state index contributed by atoms with van der Waals surface area (Å²) in [7, 11) is 0. The van der Waals surface area contributed by atoms with Gasteiger partial charge in [0.15, 0.2) is 0 Å². The Morgan fingerprint density at radius 3 is 2.00 bits per heavy atom. The van der Waals surface area contributed by atoms with E-state index in [9.17, 15) is 9.59 Å². The maximum absolute atomic E-state index is 11.1. The Morgan fingerprint density at radius 1 is 1.24 bits per heavy atom. The predicted octanol–water partition coefficient (Wildman–Crippen LogP) is 1.99. The highest BCUT2D eigenvalue weighted by molar-refractivity contribution is 5.95. The monoisotopic (exact) mass is 238 g/mol. The van der Waals surface area contributed by atoms with Crippen molar-refractivity contribution in [2.24, 2.45) is 0 Å². The van der Waals surface area contributed by atoms with E-state index in [0.717, 1.165) is 0 Å². The summed E-state index contributed by atoms with van der Waals surface area (Å²) in [5, 5.41) is 9.12. The predicted molar refractivity (Wildman–Crippen MR) is 61.1 cm³/mol. The largest absolute Gasteiger partial charge is 0.493 e. The number of aldehydes is 1. The number of carboxylic acid groups (broad SMARTS) is 1. The summed E-state index contributed by atoms with van der Waals surface area (Å²) in [5.74, 6) is -0.851. The first-order valence-electron chi connectivity index (χ1n) is 5.26. The number of rotatable bonds is 6. The third-order valence-electron chi connectivity index (χ3n) is 2.04. The van der Waals surface area contributed by atoms with Crippen molar-refractivity contribution in [3.8, 4) is 11.5 Å². The quantitative estimate of drug-likeness (QED) is 0.767. The molecular weight excluding hydrogens is 224 g/mol. The Balaban J connectivity index is 3.37. The zero-order valence-corrected chi connectivity index (χ0v) is 9.73. The van der Waals surface area contributed by atoms with E-state index in [-0.39, 0.29) is 17.1 Å². The number of benzene rings is 1. The fourth-order valence-corrected chi connectivity index (χ4v) is 1.43. The fourth-order valence-electron chi connectivity index (χ4n) is 1.43. The van der Waals surface area contributed by atoms with Gasteiger partial charge in [0, 0.05) is 5.56 Å². The van der Waals surface area contributed by atoms with Crippen LogP contribution >= 0.6 is 0 Å². The van der Waals surface area contributed by atoms with Crippen LogP contribution in [0.3, 0.4) is 0 Å². The Kier molecular flexibility index (Phi) is 4.51. The van der Waals surface area contributed by atoms with E-state index in [1.54, 1.807) is 13.8 Å². The summed E-state index contributed by atoms with van der Waals surface area (Å²) in [6.45, 7) is 4.10. The van der Waals surface area contributed by atoms with Crippen molar-refractivity contribution in [2.75, 3.05) is 13.2 Å². The first-order chi connectivity index (χ1) is 8.13. The van der Waals surface area contributed by atoms with Crippen molar-refractivity contribution < 1.29 is 24.2 Å². The summed E-state index contributed by atoms with van der Waals surface area (Å²) in [6, 6.07) is 2.78. The second-order valence-corrected chi connectivity index (χ2v) is 3.18. The number of ether oxygens (including phenoxy) is 2. The first kappa shape index (κ1) is 13.0. The highest BCUT2D eigenvalue weighted by Gasteiger charge is 2.19. The average molecular weight is 238 g/mol. The van der Waals surface area contributed by atoms with Gasteiger partial charge in [-0.2, -0.15) is 0 Å². The number of hydrogen-bond acceptors (Lipinski definition) is 4. The van der Waals surface area contributed by atoms with Crippen molar-refractivity contribution in [3.63, 3.8) is 0 Å². The van der Waals surface area contributed by atoms with E-state index in [4.69, 9.17) is 14.6 Å². The zero-order valence-electron chi connectivity index (χ0n) is 9.73. The maximum atomic E-state index is 11.1. The minimum atomic E-state index is -1.14. The maximum Gasteiger partial charge on any atom is 0.343 e. The summed E-state index contributed by atoms with van der Waals surface area (Å²) >= 11 is 0. The second-order valence-electron chi connectivity index (χ2n) is 3.18. The van der Waals surface area contributed by atoms with Crippen LogP contribution in [0.2, 0.25) is 0 Å². The van der Waals surface area contributed by atoms with Gasteiger partial charge in [-0.1, -0.05) is 0 Å². The topological polar surface area (TPSA) is 72.8 Å². The van der Waals surface area contributed by atoms with E-state index in [1.165, 1.54) is 12.1 Å². The minimum absolute atomic E-state index is 0.0562. The molecule has 0 fully saturated rings. The van der Waals surface area contributed by atoms with Crippen LogP contribution in [0.5, 0.6) is 11.5 Å². The molecule has 17 heavy (non-hydrogen) atoms. The van der Waals surface area contributed by atoms with Crippen LogP contribution < -0.4 is 9.47 Å². The van der Waals surface area contributed by atoms with E-state index < -0.39 is 5.97 Å². The Labute approximate surface area is 99.0 Å². The Bertz CT molecular complexity index is 398. The van der Waals surface area contributed by atoms with Gasteiger partial charge in [0.2, 0.25) is 0 Å². The van der Waals surface area contributed by atoms with Gasteiger partial charge in [-0.3, -0.25) is 4.79 Å². The van der Waals surface area contributed by atoms with E-state index in [1.807, 2.05) is 0 Å². The van der Waals surface area contributed by atoms with Gasteiger partial charge < -0.3 is 14.6 Å². The molecule has 0 spiro atoms. The molecule has 0 saturated carbocycles. The molecule has 0 heterocycles. The average Bonchev–Trinajstić information content (AvgIpc) is 2.28. The molecule has 1 aromatic carbocycles. The molecular formula is C12H14O5. The van der Waals surface area contributed by atoms with Crippen molar-refractivity contribution in [2.45, 2.75) is 13.8 Å². The molecule has 0 amide bonds. The molecule has 1 aromatic rings. The molecule has 0 bridgehead atoms. The van der Waals surface area contributed by atoms with Crippen LogP contribution in [0, 0.1) is 0 Å².